The molecule has 286 valence electrons. The molecule has 1 unspecified atom stereocenters. The molecule has 6 amide bonds. The van der Waals surface area contributed by atoms with Gasteiger partial charge in [0.2, 0.25) is 23.6 Å². The van der Waals surface area contributed by atoms with Gasteiger partial charge >= 0.3 is 5.97 Å². The molecular formula is C38H56N6O8. The number of carboxylic acid groups (broad SMARTS) is 1. The number of benzene rings is 1. The van der Waals surface area contributed by atoms with Crippen LogP contribution in [-0.4, -0.2) is 108 Å². The van der Waals surface area contributed by atoms with Gasteiger partial charge in [-0.1, -0.05) is 84.9 Å². The van der Waals surface area contributed by atoms with Crippen molar-refractivity contribution in [3.63, 3.8) is 0 Å². The monoisotopic (exact) mass is 724 g/mol. The van der Waals surface area contributed by atoms with Crippen LogP contribution in [0, 0.1) is 11.3 Å². The Labute approximate surface area is 306 Å². The molecule has 52 heavy (non-hydrogen) atoms. The zero-order valence-corrected chi connectivity index (χ0v) is 32.0. The maximum atomic E-state index is 14.2. The molecule has 1 aliphatic heterocycles. The first kappa shape index (κ1) is 43.3. The van der Waals surface area contributed by atoms with E-state index in [-0.39, 0.29) is 42.8 Å². The third-order valence-electron chi connectivity index (χ3n) is 9.25. The van der Waals surface area contributed by atoms with Crippen molar-refractivity contribution in [1.82, 2.24) is 31.1 Å². The van der Waals surface area contributed by atoms with Gasteiger partial charge in [0, 0.05) is 49.7 Å². The minimum Gasteiger partial charge on any atom is -0.481 e. The molecule has 0 saturated carbocycles. The van der Waals surface area contributed by atoms with Gasteiger partial charge in [-0.15, -0.1) is 0 Å². The zero-order chi connectivity index (χ0) is 39.6. The Hall–Kier alpha value is -4.85. The first-order valence-corrected chi connectivity index (χ1v) is 17.5. The number of aliphatic carboxylic acids is 1. The lowest BCUT2D eigenvalue weighted by Gasteiger charge is -2.40. The summed E-state index contributed by atoms with van der Waals surface area (Å²) in [5.74, 6) is -4.39. The molecule has 2 rings (SSSR count). The number of nitrogens with zero attached hydrogens (tertiary/aromatic N) is 2. The highest BCUT2D eigenvalue weighted by Crippen LogP contribution is 2.29. The highest BCUT2D eigenvalue weighted by atomic mass is 16.4. The lowest BCUT2D eigenvalue weighted by Crippen LogP contribution is -2.61. The van der Waals surface area contributed by atoms with Crippen molar-refractivity contribution in [3.05, 3.63) is 59.7 Å². The lowest BCUT2D eigenvalue weighted by atomic mass is 9.76. The van der Waals surface area contributed by atoms with Crippen LogP contribution >= 0.6 is 0 Å². The topological polar surface area (TPSA) is 194 Å². The van der Waals surface area contributed by atoms with Crippen molar-refractivity contribution >= 4 is 41.4 Å². The van der Waals surface area contributed by atoms with E-state index in [1.54, 1.807) is 20.2 Å². The highest BCUT2D eigenvalue weighted by Gasteiger charge is 2.41. The third-order valence-corrected chi connectivity index (χ3v) is 9.25. The summed E-state index contributed by atoms with van der Waals surface area (Å²) in [6, 6.07) is 6.21. The van der Waals surface area contributed by atoms with Gasteiger partial charge in [0.25, 0.3) is 11.8 Å². The number of amides is 6. The molecule has 1 aromatic carbocycles. The van der Waals surface area contributed by atoms with E-state index in [0.717, 1.165) is 22.6 Å². The van der Waals surface area contributed by atoms with Crippen LogP contribution in [0.1, 0.15) is 73.8 Å². The van der Waals surface area contributed by atoms with Gasteiger partial charge in [0.1, 0.15) is 12.1 Å². The van der Waals surface area contributed by atoms with Crippen LogP contribution in [0.25, 0.3) is 0 Å². The molecule has 0 aliphatic carbocycles. The number of carboxylic acids is 1. The Morgan fingerprint density at radius 1 is 0.904 bits per heavy atom. The molecule has 14 heteroatoms. The second-order valence-electron chi connectivity index (χ2n) is 15.1. The van der Waals surface area contributed by atoms with Crippen molar-refractivity contribution in [2.24, 2.45) is 11.3 Å². The molecule has 5 N–H and O–H groups in total. The van der Waals surface area contributed by atoms with Gasteiger partial charge in [-0.25, -0.2) is 0 Å². The molecule has 1 heterocycles. The van der Waals surface area contributed by atoms with E-state index in [1.165, 1.54) is 11.8 Å². The van der Waals surface area contributed by atoms with E-state index in [4.69, 9.17) is 0 Å². The summed E-state index contributed by atoms with van der Waals surface area (Å²) in [6.07, 6.45) is 3.24. The standard InChI is InChI=1S/C38H56N6O8/c1-23(2)27(22-24(3)33(49)41-26(16-19-30(47)48)34(50)40-20-21-44-28(45)17-18-29(44)46)43(10)36(52)32(37(4,5)6)42-35(51)31(39-9)38(7,8)25-14-12-11-13-15-25/h11-15,17-18,22-23,26-27,31-32,39H,16,19-21H2,1-10H3,(H,40,50)(H,41,49)(H,42,51)(H,47,48)/b24-22+/t26-,27-,31-,32?/m1/s1. The summed E-state index contributed by atoms with van der Waals surface area (Å²) in [5, 5.41) is 20.5. The molecule has 0 aromatic heterocycles. The van der Waals surface area contributed by atoms with Crippen molar-refractivity contribution in [2.75, 3.05) is 27.2 Å². The zero-order valence-electron chi connectivity index (χ0n) is 32.0. The molecule has 1 aliphatic rings. The van der Waals surface area contributed by atoms with Crippen LogP contribution in [-0.2, 0) is 39.0 Å². The summed E-state index contributed by atoms with van der Waals surface area (Å²) < 4.78 is 0. The van der Waals surface area contributed by atoms with Crippen molar-refractivity contribution in [3.8, 4) is 0 Å². The smallest absolute Gasteiger partial charge is 0.303 e. The van der Waals surface area contributed by atoms with Crippen LogP contribution in [0.5, 0.6) is 0 Å². The van der Waals surface area contributed by atoms with Crippen LogP contribution < -0.4 is 21.3 Å². The lowest BCUT2D eigenvalue weighted by molar-refractivity contribution is -0.141. The molecule has 0 saturated heterocycles. The predicted molar refractivity (Wildman–Crippen MR) is 197 cm³/mol. The van der Waals surface area contributed by atoms with Crippen LogP contribution in [0.2, 0.25) is 0 Å². The van der Waals surface area contributed by atoms with Gasteiger partial charge in [-0.3, -0.25) is 38.5 Å². The first-order valence-electron chi connectivity index (χ1n) is 17.5. The average molecular weight is 725 g/mol. The highest BCUT2D eigenvalue weighted by molar-refractivity contribution is 6.12. The fourth-order valence-electron chi connectivity index (χ4n) is 6.04. The summed E-state index contributed by atoms with van der Waals surface area (Å²) in [5.41, 5.74) is -0.172. The minimum absolute atomic E-state index is 0.0955. The Morgan fingerprint density at radius 2 is 1.48 bits per heavy atom. The van der Waals surface area contributed by atoms with Crippen LogP contribution in [0.15, 0.2) is 54.1 Å². The second kappa shape index (κ2) is 18.6. The van der Waals surface area contributed by atoms with Gasteiger partial charge in [-0.05, 0) is 37.3 Å². The van der Waals surface area contributed by atoms with Crippen LogP contribution in [0.3, 0.4) is 0 Å². The molecule has 0 fully saturated rings. The van der Waals surface area contributed by atoms with E-state index < -0.39 is 71.0 Å². The molecule has 0 bridgehead atoms. The second-order valence-corrected chi connectivity index (χ2v) is 15.1. The van der Waals surface area contributed by atoms with Crippen molar-refractivity contribution < 1.29 is 38.7 Å². The van der Waals surface area contributed by atoms with E-state index in [1.807, 2.05) is 78.8 Å². The largest absolute Gasteiger partial charge is 0.481 e. The fraction of sp³-hybridized carbons (Fsp3) is 0.553. The van der Waals surface area contributed by atoms with Crippen molar-refractivity contribution in [1.29, 1.82) is 0 Å². The maximum absolute atomic E-state index is 14.2. The summed E-state index contributed by atoms with van der Waals surface area (Å²) in [7, 11) is 3.31. The molecule has 14 nitrogen and oxygen atoms in total. The molecular weight excluding hydrogens is 668 g/mol. The molecule has 4 atom stereocenters. The third kappa shape index (κ3) is 11.6. The normalized spacial score (nSPS) is 15.9. The first-order chi connectivity index (χ1) is 24.1. The molecule has 0 radical (unpaired) electrons. The summed E-state index contributed by atoms with van der Waals surface area (Å²) in [4.78, 5) is 91.8. The van der Waals surface area contributed by atoms with Gasteiger partial charge in [0.05, 0.1) is 12.1 Å². The van der Waals surface area contributed by atoms with Gasteiger partial charge in [-0.2, -0.15) is 0 Å². The predicted octanol–water partition coefficient (Wildman–Crippen LogP) is 1.90. The number of hydrogen-bond acceptors (Lipinski definition) is 8. The Bertz CT molecular complexity index is 1530. The molecule has 0 spiro atoms. The number of nitrogens with one attached hydrogen (secondary N) is 4. The van der Waals surface area contributed by atoms with Gasteiger partial charge in [0.15, 0.2) is 0 Å². The maximum Gasteiger partial charge on any atom is 0.303 e. The number of carbonyl (C=O) groups is 7. The number of hydrogen-bond donors (Lipinski definition) is 5. The summed E-state index contributed by atoms with van der Waals surface area (Å²) in [6.45, 7) is 14.6. The van der Waals surface area contributed by atoms with Crippen LogP contribution in [0.4, 0.5) is 0 Å². The van der Waals surface area contributed by atoms with Gasteiger partial charge < -0.3 is 31.3 Å². The van der Waals surface area contributed by atoms with Crippen molar-refractivity contribution in [2.45, 2.75) is 97.8 Å². The minimum atomic E-state index is -1.23. The number of imide groups is 1. The Balaban J connectivity index is 2.25. The Morgan fingerprint density at radius 3 is 1.98 bits per heavy atom. The number of carbonyl (C=O) groups excluding carboxylic acids is 6. The fourth-order valence-corrected chi connectivity index (χ4v) is 6.04. The SMILES string of the molecule is CN[C@H](C(=O)NC(C(=O)N(C)[C@H](/C=C(\C)C(=O)N[C@H](CCC(=O)O)C(=O)NCCN1C(=O)C=CC1=O)C(C)C)C(C)(C)C)C(C)(C)c1ccccc1. The quantitative estimate of drug-likeness (QED) is 0.111. The van der Waals surface area contributed by atoms with E-state index in [9.17, 15) is 38.7 Å². The number of likely N-dealkylation sites (N-methyl/N-ethyl adjacent to an activating group) is 2. The van der Waals surface area contributed by atoms with E-state index in [2.05, 4.69) is 21.3 Å². The Kier molecular flexibility index (Phi) is 15.5. The van der Waals surface area contributed by atoms with E-state index in [0.29, 0.717) is 0 Å². The molecule has 1 aromatic rings. The van der Waals surface area contributed by atoms with E-state index >= 15 is 0 Å². The number of rotatable bonds is 18. The average Bonchev–Trinajstić information content (AvgIpc) is 3.39. The summed E-state index contributed by atoms with van der Waals surface area (Å²) >= 11 is 0.